The maximum absolute atomic E-state index is 10.8. The van der Waals surface area contributed by atoms with Crippen molar-refractivity contribution in [2.45, 2.75) is 0 Å². The summed E-state index contributed by atoms with van der Waals surface area (Å²) in [5.74, 6) is -0.439. The first-order chi connectivity index (χ1) is 6.20. The molecule has 0 saturated heterocycles. The molecule has 1 aromatic rings. The van der Waals surface area contributed by atoms with Crippen LogP contribution >= 0.6 is 0 Å². The lowest BCUT2D eigenvalue weighted by Gasteiger charge is -2.09. The van der Waals surface area contributed by atoms with Gasteiger partial charge in [-0.25, -0.2) is 4.79 Å². The summed E-state index contributed by atoms with van der Waals surface area (Å²) in [6, 6.07) is 4.87. The summed E-state index contributed by atoms with van der Waals surface area (Å²) >= 11 is 0. The minimum Gasteiger partial charge on any atom is -0.495 e. The number of carboxylic acids is 1. The molecule has 70 valence electrons. The first-order valence-electron chi connectivity index (χ1n) is 3.78. The molecule has 4 heteroatoms. The van der Waals surface area contributed by atoms with Crippen LogP contribution in [0.1, 0.15) is 10.4 Å². The van der Waals surface area contributed by atoms with E-state index in [1.54, 1.807) is 19.2 Å². The third kappa shape index (κ3) is 1.72. The molecule has 0 bridgehead atoms. The number of benzene rings is 1. The predicted octanol–water partition coefficient (Wildman–Crippen LogP) is 1.44. The lowest BCUT2D eigenvalue weighted by atomic mass is 10.1. The van der Waals surface area contributed by atoms with Crippen molar-refractivity contribution in [1.82, 2.24) is 0 Å². The van der Waals surface area contributed by atoms with Crippen molar-refractivity contribution >= 4 is 11.7 Å². The van der Waals surface area contributed by atoms with Gasteiger partial charge in [-0.3, -0.25) is 0 Å². The SMILES string of the molecule is CNc1c(OC)cccc1C(=O)O. The largest absolute Gasteiger partial charge is 0.495 e. The number of methoxy groups -OCH3 is 1. The Morgan fingerprint density at radius 1 is 1.54 bits per heavy atom. The van der Waals surface area contributed by atoms with E-state index in [0.717, 1.165) is 0 Å². The highest BCUT2D eigenvalue weighted by Crippen LogP contribution is 2.27. The molecule has 0 saturated carbocycles. The summed E-state index contributed by atoms with van der Waals surface area (Å²) in [6.45, 7) is 0. The zero-order valence-corrected chi connectivity index (χ0v) is 7.50. The van der Waals surface area contributed by atoms with Gasteiger partial charge in [-0.2, -0.15) is 0 Å². The number of para-hydroxylation sites is 1. The minimum atomic E-state index is -0.969. The maximum Gasteiger partial charge on any atom is 0.337 e. The van der Waals surface area contributed by atoms with Gasteiger partial charge in [0, 0.05) is 7.05 Å². The van der Waals surface area contributed by atoms with Crippen molar-refractivity contribution in [3.63, 3.8) is 0 Å². The molecule has 0 fully saturated rings. The van der Waals surface area contributed by atoms with E-state index in [0.29, 0.717) is 11.4 Å². The second kappa shape index (κ2) is 3.80. The van der Waals surface area contributed by atoms with E-state index in [-0.39, 0.29) is 5.56 Å². The number of carbonyl (C=O) groups is 1. The second-order valence-electron chi connectivity index (χ2n) is 2.44. The van der Waals surface area contributed by atoms with Crippen molar-refractivity contribution in [2.24, 2.45) is 0 Å². The molecule has 0 aromatic heterocycles. The topological polar surface area (TPSA) is 58.6 Å². The van der Waals surface area contributed by atoms with Crippen LogP contribution in [-0.4, -0.2) is 25.2 Å². The van der Waals surface area contributed by atoms with E-state index < -0.39 is 5.97 Å². The molecule has 0 aliphatic rings. The van der Waals surface area contributed by atoms with E-state index in [2.05, 4.69) is 5.32 Å². The van der Waals surface area contributed by atoms with Gasteiger partial charge in [-0.05, 0) is 12.1 Å². The third-order valence-electron chi connectivity index (χ3n) is 1.73. The molecule has 0 amide bonds. The van der Waals surface area contributed by atoms with E-state index in [4.69, 9.17) is 9.84 Å². The van der Waals surface area contributed by atoms with E-state index >= 15 is 0 Å². The second-order valence-corrected chi connectivity index (χ2v) is 2.44. The van der Waals surface area contributed by atoms with Crippen LogP contribution in [0.4, 0.5) is 5.69 Å². The highest BCUT2D eigenvalue weighted by Gasteiger charge is 2.12. The fraction of sp³-hybridized carbons (Fsp3) is 0.222. The van der Waals surface area contributed by atoms with Crippen LogP contribution in [-0.2, 0) is 0 Å². The fourth-order valence-corrected chi connectivity index (χ4v) is 1.14. The van der Waals surface area contributed by atoms with E-state index in [1.165, 1.54) is 13.2 Å². The number of hydrogen-bond acceptors (Lipinski definition) is 3. The molecular formula is C9H11NO3. The van der Waals surface area contributed by atoms with Crippen molar-refractivity contribution in [2.75, 3.05) is 19.5 Å². The van der Waals surface area contributed by atoms with Gasteiger partial charge in [0.2, 0.25) is 0 Å². The van der Waals surface area contributed by atoms with Crippen molar-refractivity contribution in [3.8, 4) is 5.75 Å². The van der Waals surface area contributed by atoms with Crippen molar-refractivity contribution in [3.05, 3.63) is 23.8 Å². The van der Waals surface area contributed by atoms with E-state index in [1.807, 2.05) is 0 Å². The van der Waals surface area contributed by atoms with Gasteiger partial charge < -0.3 is 15.2 Å². The smallest absolute Gasteiger partial charge is 0.337 e. The zero-order valence-electron chi connectivity index (χ0n) is 7.50. The fourth-order valence-electron chi connectivity index (χ4n) is 1.14. The molecule has 0 aliphatic heterocycles. The number of ether oxygens (including phenoxy) is 1. The van der Waals surface area contributed by atoms with Crippen LogP contribution in [0, 0.1) is 0 Å². The summed E-state index contributed by atoms with van der Waals surface area (Å²) in [5, 5.41) is 11.6. The van der Waals surface area contributed by atoms with Gasteiger partial charge >= 0.3 is 5.97 Å². The highest BCUT2D eigenvalue weighted by molar-refractivity contribution is 5.95. The normalized spacial score (nSPS) is 9.38. The summed E-state index contributed by atoms with van der Waals surface area (Å²) in [6.07, 6.45) is 0. The number of anilines is 1. The van der Waals surface area contributed by atoms with Gasteiger partial charge in [0.05, 0.1) is 18.4 Å². The Kier molecular flexibility index (Phi) is 2.74. The Bertz CT molecular complexity index is 323. The molecule has 0 atom stereocenters. The average Bonchev–Trinajstić information content (AvgIpc) is 2.16. The quantitative estimate of drug-likeness (QED) is 0.740. The van der Waals surface area contributed by atoms with Gasteiger partial charge in [0.25, 0.3) is 0 Å². The number of nitrogens with one attached hydrogen (secondary N) is 1. The molecule has 4 nitrogen and oxygen atoms in total. The highest BCUT2D eigenvalue weighted by atomic mass is 16.5. The molecular weight excluding hydrogens is 170 g/mol. The Balaban J connectivity index is 3.27. The maximum atomic E-state index is 10.8. The van der Waals surface area contributed by atoms with E-state index in [9.17, 15) is 4.79 Å². The van der Waals surface area contributed by atoms with Crippen LogP contribution in [0.3, 0.4) is 0 Å². The lowest BCUT2D eigenvalue weighted by molar-refractivity contribution is 0.0697. The van der Waals surface area contributed by atoms with Crippen molar-refractivity contribution < 1.29 is 14.6 Å². The molecule has 2 N–H and O–H groups in total. The Morgan fingerprint density at radius 2 is 2.23 bits per heavy atom. The Morgan fingerprint density at radius 3 is 2.69 bits per heavy atom. The number of hydrogen-bond donors (Lipinski definition) is 2. The van der Waals surface area contributed by atoms with Crippen LogP contribution in [0.25, 0.3) is 0 Å². The third-order valence-corrected chi connectivity index (χ3v) is 1.73. The lowest BCUT2D eigenvalue weighted by Crippen LogP contribution is -2.04. The monoisotopic (exact) mass is 181 g/mol. The van der Waals surface area contributed by atoms with Crippen LogP contribution in [0.2, 0.25) is 0 Å². The molecule has 0 radical (unpaired) electrons. The van der Waals surface area contributed by atoms with Crippen LogP contribution < -0.4 is 10.1 Å². The number of aromatic carboxylic acids is 1. The summed E-state index contributed by atoms with van der Waals surface area (Å²) in [7, 11) is 3.16. The molecule has 0 aliphatic carbocycles. The number of rotatable bonds is 3. The van der Waals surface area contributed by atoms with Gasteiger partial charge in [0.15, 0.2) is 0 Å². The first kappa shape index (κ1) is 9.38. The minimum absolute atomic E-state index is 0.210. The standard InChI is InChI=1S/C9H11NO3/c1-10-8-6(9(11)12)4-3-5-7(8)13-2/h3-5,10H,1-2H3,(H,11,12). The Labute approximate surface area is 76.1 Å². The summed E-state index contributed by atoms with van der Waals surface area (Å²) in [4.78, 5) is 10.8. The molecule has 0 spiro atoms. The Hall–Kier alpha value is -1.71. The molecule has 0 heterocycles. The first-order valence-corrected chi connectivity index (χ1v) is 3.78. The predicted molar refractivity (Wildman–Crippen MR) is 49.5 cm³/mol. The van der Waals surface area contributed by atoms with Crippen LogP contribution in [0.5, 0.6) is 5.75 Å². The number of carboxylic acid groups (broad SMARTS) is 1. The van der Waals surface area contributed by atoms with Gasteiger partial charge in [-0.1, -0.05) is 6.07 Å². The summed E-state index contributed by atoms with van der Waals surface area (Å²) in [5.41, 5.74) is 0.708. The summed E-state index contributed by atoms with van der Waals surface area (Å²) < 4.78 is 5.00. The molecule has 0 unspecified atom stereocenters. The molecule has 1 aromatic carbocycles. The molecule has 13 heavy (non-hydrogen) atoms. The average molecular weight is 181 g/mol. The molecule has 1 rings (SSSR count). The zero-order chi connectivity index (χ0) is 9.84. The van der Waals surface area contributed by atoms with Gasteiger partial charge in [0.1, 0.15) is 5.75 Å². The van der Waals surface area contributed by atoms with Crippen LogP contribution in [0.15, 0.2) is 18.2 Å². The van der Waals surface area contributed by atoms with Gasteiger partial charge in [-0.15, -0.1) is 0 Å². The van der Waals surface area contributed by atoms with Crippen molar-refractivity contribution in [1.29, 1.82) is 0 Å².